The van der Waals surface area contributed by atoms with Crippen molar-refractivity contribution in [2.24, 2.45) is 11.8 Å². The van der Waals surface area contributed by atoms with Gasteiger partial charge in [-0.05, 0) is 43.9 Å². The van der Waals surface area contributed by atoms with Gasteiger partial charge in [0.2, 0.25) is 0 Å². The highest BCUT2D eigenvalue weighted by molar-refractivity contribution is 6.31. The van der Waals surface area contributed by atoms with E-state index >= 15 is 0 Å². The number of nitrogens with one attached hydrogen (secondary N) is 1. The number of aromatic nitrogens is 1. The third-order valence-corrected chi connectivity index (χ3v) is 5.08. The summed E-state index contributed by atoms with van der Waals surface area (Å²) in [7, 11) is 0. The van der Waals surface area contributed by atoms with Crippen molar-refractivity contribution in [2.75, 3.05) is 19.6 Å². The summed E-state index contributed by atoms with van der Waals surface area (Å²) >= 11 is 6.21. The molecule has 1 aromatic rings. The maximum absolute atomic E-state index is 6.21. The lowest BCUT2D eigenvalue weighted by Gasteiger charge is -2.35. The van der Waals surface area contributed by atoms with E-state index in [1.807, 2.05) is 12.3 Å². The van der Waals surface area contributed by atoms with Gasteiger partial charge in [0.15, 0.2) is 0 Å². The van der Waals surface area contributed by atoms with Crippen molar-refractivity contribution in [3.8, 4) is 0 Å². The first-order valence-corrected chi connectivity index (χ1v) is 7.01. The predicted octanol–water partition coefficient (Wildman–Crippen LogP) is 2.16. The molecule has 3 heterocycles. The minimum Gasteiger partial charge on any atom is -0.316 e. The average molecular weight is 266 g/mol. The molecule has 0 amide bonds. The van der Waals surface area contributed by atoms with Crippen molar-refractivity contribution < 1.29 is 0 Å². The van der Waals surface area contributed by atoms with Gasteiger partial charge in [-0.2, -0.15) is 0 Å². The molecule has 1 N–H and O–H groups in total. The van der Waals surface area contributed by atoms with Crippen LogP contribution >= 0.6 is 11.6 Å². The van der Waals surface area contributed by atoms with Crippen LogP contribution in [0, 0.1) is 11.8 Å². The van der Waals surface area contributed by atoms with Gasteiger partial charge in [0.1, 0.15) is 0 Å². The zero-order valence-electron chi connectivity index (χ0n) is 11.0. The number of rotatable bonds is 2. The minimum absolute atomic E-state index is 0.251. The molecule has 2 saturated heterocycles. The van der Waals surface area contributed by atoms with E-state index in [4.69, 9.17) is 11.6 Å². The molecule has 2 atom stereocenters. The van der Waals surface area contributed by atoms with Crippen LogP contribution in [0.3, 0.4) is 0 Å². The van der Waals surface area contributed by atoms with Crippen LogP contribution in [0.4, 0.5) is 0 Å². The summed E-state index contributed by atoms with van der Waals surface area (Å²) in [6.45, 7) is 9.14. The van der Waals surface area contributed by atoms with Crippen molar-refractivity contribution in [1.82, 2.24) is 15.2 Å². The zero-order valence-corrected chi connectivity index (χ0v) is 11.7. The Hall–Kier alpha value is -0.640. The summed E-state index contributed by atoms with van der Waals surface area (Å²) in [5, 5.41) is 4.29. The molecule has 0 saturated carbocycles. The Labute approximate surface area is 114 Å². The third kappa shape index (κ3) is 1.94. The van der Waals surface area contributed by atoms with Gasteiger partial charge < -0.3 is 5.32 Å². The van der Waals surface area contributed by atoms with Crippen LogP contribution in [-0.4, -0.2) is 35.1 Å². The smallest absolute Gasteiger partial charge is 0.0634 e. The lowest BCUT2D eigenvalue weighted by Crippen LogP contribution is -2.43. The first-order chi connectivity index (χ1) is 8.59. The number of hydrogen-bond donors (Lipinski definition) is 1. The number of halogens is 1. The standard InChI is InChI=1S/C14H20ClN3/c1-14(2)12-6-17-5-11(12)9-18(14)8-10-3-4-16-7-13(10)15/h3-4,7,11-12,17H,5-6,8-9H2,1-2H3. The molecule has 0 aromatic carbocycles. The molecule has 18 heavy (non-hydrogen) atoms. The molecule has 2 aliphatic heterocycles. The van der Waals surface area contributed by atoms with Crippen LogP contribution < -0.4 is 5.32 Å². The Kier molecular flexibility index (Phi) is 3.08. The van der Waals surface area contributed by atoms with Gasteiger partial charge in [0.05, 0.1) is 5.02 Å². The van der Waals surface area contributed by atoms with E-state index in [0.29, 0.717) is 0 Å². The predicted molar refractivity (Wildman–Crippen MR) is 73.6 cm³/mol. The average Bonchev–Trinajstić information content (AvgIpc) is 2.87. The maximum atomic E-state index is 6.21. The van der Waals surface area contributed by atoms with Crippen molar-refractivity contribution >= 4 is 11.6 Å². The lowest BCUT2D eigenvalue weighted by atomic mass is 9.85. The quantitative estimate of drug-likeness (QED) is 0.888. The molecular weight excluding hydrogens is 246 g/mol. The fourth-order valence-corrected chi connectivity index (χ4v) is 3.69. The Bertz CT molecular complexity index is 446. The minimum atomic E-state index is 0.251. The summed E-state index contributed by atoms with van der Waals surface area (Å²) in [6.07, 6.45) is 3.56. The molecule has 2 unspecified atom stereocenters. The first kappa shape index (κ1) is 12.4. The zero-order chi connectivity index (χ0) is 12.8. The van der Waals surface area contributed by atoms with Gasteiger partial charge in [-0.15, -0.1) is 0 Å². The molecule has 0 aliphatic carbocycles. The van der Waals surface area contributed by atoms with E-state index in [-0.39, 0.29) is 5.54 Å². The number of pyridine rings is 1. The Morgan fingerprint density at radius 3 is 3.06 bits per heavy atom. The second-order valence-corrected chi connectivity index (χ2v) is 6.43. The van der Waals surface area contributed by atoms with Gasteiger partial charge in [0.25, 0.3) is 0 Å². The van der Waals surface area contributed by atoms with E-state index in [2.05, 4.69) is 29.0 Å². The molecule has 98 valence electrons. The largest absolute Gasteiger partial charge is 0.316 e. The fourth-order valence-electron chi connectivity index (χ4n) is 3.51. The molecule has 1 aromatic heterocycles. The van der Waals surface area contributed by atoms with E-state index < -0.39 is 0 Å². The summed E-state index contributed by atoms with van der Waals surface area (Å²) < 4.78 is 0. The number of hydrogen-bond acceptors (Lipinski definition) is 3. The van der Waals surface area contributed by atoms with Crippen molar-refractivity contribution in [2.45, 2.75) is 25.9 Å². The highest BCUT2D eigenvalue weighted by Gasteiger charge is 2.49. The normalized spacial score (nSPS) is 30.6. The van der Waals surface area contributed by atoms with Crippen LogP contribution in [0.5, 0.6) is 0 Å². The summed E-state index contributed by atoms with van der Waals surface area (Å²) in [5.41, 5.74) is 1.44. The molecule has 0 spiro atoms. The maximum Gasteiger partial charge on any atom is 0.0634 e. The van der Waals surface area contributed by atoms with Crippen LogP contribution in [-0.2, 0) is 6.54 Å². The monoisotopic (exact) mass is 265 g/mol. The SMILES string of the molecule is CC1(C)C2CNCC2CN1Cc1ccncc1Cl. The molecule has 2 aliphatic rings. The highest BCUT2D eigenvalue weighted by Crippen LogP contribution is 2.41. The molecular formula is C14H20ClN3. The van der Waals surface area contributed by atoms with E-state index in [1.165, 1.54) is 12.1 Å². The van der Waals surface area contributed by atoms with Crippen LogP contribution in [0.1, 0.15) is 19.4 Å². The van der Waals surface area contributed by atoms with E-state index in [9.17, 15) is 0 Å². The van der Waals surface area contributed by atoms with Crippen LogP contribution in [0.25, 0.3) is 0 Å². The van der Waals surface area contributed by atoms with Gasteiger partial charge in [-0.1, -0.05) is 11.6 Å². The van der Waals surface area contributed by atoms with Gasteiger partial charge >= 0.3 is 0 Å². The second kappa shape index (κ2) is 4.48. The highest BCUT2D eigenvalue weighted by atomic mass is 35.5. The Morgan fingerprint density at radius 2 is 2.33 bits per heavy atom. The van der Waals surface area contributed by atoms with Crippen molar-refractivity contribution in [3.63, 3.8) is 0 Å². The second-order valence-electron chi connectivity index (χ2n) is 6.03. The lowest BCUT2D eigenvalue weighted by molar-refractivity contribution is 0.132. The number of nitrogens with zero attached hydrogens (tertiary/aromatic N) is 2. The van der Waals surface area contributed by atoms with Gasteiger partial charge in [-0.3, -0.25) is 9.88 Å². The first-order valence-electron chi connectivity index (χ1n) is 6.63. The van der Waals surface area contributed by atoms with Gasteiger partial charge in [0, 0.05) is 37.6 Å². The molecule has 4 heteroatoms. The number of fused-ring (bicyclic) bond motifs is 1. The van der Waals surface area contributed by atoms with E-state index in [0.717, 1.165) is 36.5 Å². The molecule has 0 bridgehead atoms. The summed E-state index contributed by atoms with van der Waals surface area (Å²) in [5.74, 6) is 1.55. The Morgan fingerprint density at radius 1 is 1.50 bits per heavy atom. The third-order valence-electron chi connectivity index (χ3n) is 4.73. The van der Waals surface area contributed by atoms with Crippen molar-refractivity contribution in [3.05, 3.63) is 29.0 Å². The van der Waals surface area contributed by atoms with Crippen LogP contribution in [0.15, 0.2) is 18.5 Å². The fraction of sp³-hybridized carbons (Fsp3) is 0.643. The Balaban J connectivity index is 1.80. The molecule has 3 rings (SSSR count). The molecule has 2 fully saturated rings. The van der Waals surface area contributed by atoms with E-state index in [1.54, 1.807) is 6.20 Å². The topological polar surface area (TPSA) is 28.2 Å². The number of likely N-dealkylation sites (tertiary alicyclic amines) is 1. The molecule has 3 nitrogen and oxygen atoms in total. The van der Waals surface area contributed by atoms with Gasteiger partial charge in [-0.25, -0.2) is 0 Å². The molecule has 0 radical (unpaired) electrons. The summed E-state index contributed by atoms with van der Waals surface area (Å²) in [6, 6.07) is 2.03. The van der Waals surface area contributed by atoms with Crippen LogP contribution in [0.2, 0.25) is 5.02 Å². The van der Waals surface area contributed by atoms with Crippen molar-refractivity contribution in [1.29, 1.82) is 0 Å². The summed E-state index contributed by atoms with van der Waals surface area (Å²) in [4.78, 5) is 6.63.